The lowest BCUT2D eigenvalue weighted by molar-refractivity contribution is 0.210. The third kappa shape index (κ3) is 2.90. The Morgan fingerprint density at radius 1 is 1.47 bits per heavy atom. The van der Waals surface area contributed by atoms with Gasteiger partial charge in [0, 0.05) is 26.2 Å². The standard InChI is InChI=1S/C9H16N4O2/c1-2-14-9-11-8(12-15-9)7-13-5-3-10-4-6-13/h10H,2-7H2,1H3. The van der Waals surface area contributed by atoms with Gasteiger partial charge in [0.05, 0.1) is 13.2 Å². The number of ether oxygens (including phenoxy) is 1. The molecule has 0 spiro atoms. The van der Waals surface area contributed by atoms with E-state index in [0.717, 1.165) is 32.7 Å². The smallest absolute Gasteiger partial charge is 0.417 e. The number of aromatic nitrogens is 2. The highest BCUT2D eigenvalue weighted by molar-refractivity contribution is 4.90. The van der Waals surface area contributed by atoms with Crippen LogP contribution in [-0.4, -0.2) is 47.8 Å². The highest BCUT2D eigenvalue weighted by atomic mass is 16.6. The van der Waals surface area contributed by atoms with Crippen LogP contribution in [0.5, 0.6) is 6.08 Å². The Morgan fingerprint density at radius 3 is 3.00 bits per heavy atom. The molecule has 1 aromatic heterocycles. The summed E-state index contributed by atoms with van der Waals surface area (Å²) in [6.45, 7) is 7.27. The fraction of sp³-hybridized carbons (Fsp3) is 0.778. The van der Waals surface area contributed by atoms with Gasteiger partial charge >= 0.3 is 6.08 Å². The van der Waals surface area contributed by atoms with Crippen LogP contribution in [0.2, 0.25) is 0 Å². The Bertz CT molecular complexity index is 296. The maximum Gasteiger partial charge on any atom is 0.417 e. The molecule has 0 atom stereocenters. The molecule has 1 N–H and O–H groups in total. The average molecular weight is 212 g/mol. The van der Waals surface area contributed by atoms with Gasteiger partial charge in [-0.2, -0.15) is 4.98 Å². The van der Waals surface area contributed by atoms with Crippen LogP contribution in [-0.2, 0) is 6.54 Å². The van der Waals surface area contributed by atoms with Gasteiger partial charge in [0.2, 0.25) is 0 Å². The van der Waals surface area contributed by atoms with Gasteiger partial charge < -0.3 is 10.1 Å². The van der Waals surface area contributed by atoms with Crippen LogP contribution >= 0.6 is 0 Å². The largest absolute Gasteiger partial charge is 0.449 e. The molecular weight excluding hydrogens is 196 g/mol. The van der Waals surface area contributed by atoms with Crippen molar-refractivity contribution in [3.63, 3.8) is 0 Å². The van der Waals surface area contributed by atoms with Crippen LogP contribution in [0.4, 0.5) is 0 Å². The monoisotopic (exact) mass is 212 g/mol. The SMILES string of the molecule is CCOc1nc(CN2CCNCC2)no1. The number of piperazine rings is 1. The Morgan fingerprint density at radius 2 is 2.27 bits per heavy atom. The van der Waals surface area contributed by atoms with E-state index < -0.39 is 0 Å². The normalized spacial score (nSPS) is 17.9. The highest BCUT2D eigenvalue weighted by Crippen LogP contribution is 2.08. The van der Waals surface area contributed by atoms with E-state index in [1.807, 2.05) is 6.92 Å². The Balaban J connectivity index is 1.86. The predicted molar refractivity (Wildman–Crippen MR) is 53.6 cm³/mol. The minimum atomic E-state index is 0.266. The van der Waals surface area contributed by atoms with Crippen molar-refractivity contribution in [2.24, 2.45) is 0 Å². The highest BCUT2D eigenvalue weighted by Gasteiger charge is 2.14. The molecule has 1 aromatic rings. The van der Waals surface area contributed by atoms with Gasteiger partial charge in [-0.3, -0.25) is 9.42 Å². The van der Waals surface area contributed by atoms with Crippen molar-refractivity contribution in [1.29, 1.82) is 0 Å². The molecule has 2 heterocycles. The van der Waals surface area contributed by atoms with Gasteiger partial charge in [-0.15, -0.1) is 0 Å². The first-order valence-corrected chi connectivity index (χ1v) is 5.27. The van der Waals surface area contributed by atoms with E-state index in [-0.39, 0.29) is 6.08 Å². The number of nitrogens with one attached hydrogen (secondary N) is 1. The molecule has 0 unspecified atom stereocenters. The minimum absolute atomic E-state index is 0.266. The number of hydrogen-bond acceptors (Lipinski definition) is 6. The van der Waals surface area contributed by atoms with Gasteiger partial charge in [0.25, 0.3) is 0 Å². The number of nitrogens with zero attached hydrogens (tertiary/aromatic N) is 3. The third-order valence-corrected chi connectivity index (χ3v) is 2.29. The second-order valence-corrected chi connectivity index (χ2v) is 3.44. The summed E-state index contributed by atoms with van der Waals surface area (Å²) >= 11 is 0. The molecule has 0 saturated carbocycles. The van der Waals surface area contributed by atoms with Crippen molar-refractivity contribution in [3.05, 3.63) is 5.82 Å². The molecule has 0 radical (unpaired) electrons. The average Bonchev–Trinajstić information content (AvgIpc) is 2.68. The van der Waals surface area contributed by atoms with E-state index >= 15 is 0 Å². The zero-order valence-electron chi connectivity index (χ0n) is 8.90. The van der Waals surface area contributed by atoms with E-state index in [9.17, 15) is 0 Å². The molecule has 6 nitrogen and oxygen atoms in total. The van der Waals surface area contributed by atoms with E-state index in [1.54, 1.807) is 0 Å². The van der Waals surface area contributed by atoms with Crippen LogP contribution in [0.1, 0.15) is 12.7 Å². The molecule has 1 saturated heterocycles. The van der Waals surface area contributed by atoms with Crippen LogP contribution < -0.4 is 10.1 Å². The van der Waals surface area contributed by atoms with Crippen molar-refractivity contribution in [3.8, 4) is 6.08 Å². The van der Waals surface area contributed by atoms with Crippen LogP contribution in [0.15, 0.2) is 4.52 Å². The molecule has 0 amide bonds. The second-order valence-electron chi connectivity index (χ2n) is 3.44. The summed E-state index contributed by atoms with van der Waals surface area (Å²) in [5.74, 6) is 0.695. The van der Waals surface area contributed by atoms with Gasteiger partial charge in [0.15, 0.2) is 5.82 Å². The molecule has 15 heavy (non-hydrogen) atoms. The molecular formula is C9H16N4O2. The minimum Gasteiger partial charge on any atom is -0.449 e. The first-order chi connectivity index (χ1) is 7.38. The Kier molecular flexibility index (Phi) is 3.52. The van der Waals surface area contributed by atoms with Crippen LogP contribution in [0, 0.1) is 0 Å². The lowest BCUT2D eigenvalue weighted by atomic mass is 10.3. The maximum atomic E-state index is 5.10. The summed E-state index contributed by atoms with van der Waals surface area (Å²) in [5.41, 5.74) is 0. The molecule has 0 aliphatic carbocycles. The summed E-state index contributed by atoms with van der Waals surface area (Å²) in [6.07, 6.45) is 0.266. The summed E-state index contributed by atoms with van der Waals surface area (Å²) < 4.78 is 10.0. The van der Waals surface area contributed by atoms with E-state index in [0.29, 0.717) is 12.4 Å². The lowest BCUT2D eigenvalue weighted by Gasteiger charge is -2.25. The van der Waals surface area contributed by atoms with Crippen molar-refractivity contribution in [2.75, 3.05) is 32.8 Å². The molecule has 0 bridgehead atoms. The zero-order chi connectivity index (χ0) is 10.5. The van der Waals surface area contributed by atoms with Crippen molar-refractivity contribution in [1.82, 2.24) is 20.4 Å². The molecule has 6 heteroatoms. The zero-order valence-corrected chi connectivity index (χ0v) is 8.90. The lowest BCUT2D eigenvalue weighted by Crippen LogP contribution is -2.43. The van der Waals surface area contributed by atoms with E-state index in [2.05, 4.69) is 20.4 Å². The van der Waals surface area contributed by atoms with Crippen LogP contribution in [0.3, 0.4) is 0 Å². The Hall–Kier alpha value is -1.14. The third-order valence-electron chi connectivity index (χ3n) is 2.29. The fourth-order valence-electron chi connectivity index (χ4n) is 1.55. The van der Waals surface area contributed by atoms with Gasteiger partial charge in [-0.1, -0.05) is 5.16 Å². The Labute approximate surface area is 88.6 Å². The topological polar surface area (TPSA) is 63.4 Å². The molecule has 1 aliphatic heterocycles. The molecule has 2 rings (SSSR count). The van der Waals surface area contributed by atoms with Crippen molar-refractivity contribution >= 4 is 0 Å². The summed E-state index contributed by atoms with van der Waals surface area (Å²) in [4.78, 5) is 6.42. The second kappa shape index (κ2) is 5.09. The van der Waals surface area contributed by atoms with Crippen molar-refractivity contribution in [2.45, 2.75) is 13.5 Å². The first-order valence-electron chi connectivity index (χ1n) is 5.27. The van der Waals surface area contributed by atoms with E-state index in [1.165, 1.54) is 0 Å². The maximum absolute atomic E-state index is 5.10. The van der Waals surface area contributed by atoms with Crippen molar-refractivity contribution < 1.29 is 9.26 Å². The predicted octanol–water partition coefficient (Wildman–Crippen LogP) is -0.126. The van der Waals surface area contributed by atoms with Crippen LogP contribution in [0.25, 0.3) is 0 Å². The summed E-state index contributed by atoms with van der Waals surface area (Å²) in [5, 5.41) is 7.15. The molecule has 0 aromatic carbocycles. The molecule has 1 aliphatic rings. The fourth-order valence-corrected chi connectivity index (χ4v) is 1.55. The van der Waals surface area contributed by atoms with E-state index in [4.69, 9.17) is 9.26 Å². The molecule has 84 valence electrons. The van der Waals surface area contributed by atoms with Gasteiger partial charge in [-0.25, -0.2) is 0 Å². The molecule has 1 fully saturated rings. The van der Waals surface area contributed by atoms with Gasteiger partial charge in [0.1, 0.15) is 0 Å². The first kappa shape index (κ1) is 10.4. The summed E-state index contributed by atoms with van der Waals surface area (Å²) in [6, 6.07) is 0. The number of rotatable bonds is 4. The van der Waals surface area contributed by atoms with Gasteiger partial charge in [-0.05, 0) is 6.92 Å². The number of hydrogen-bond donors (Lipinski definition) is 1. The summed E-state index contributed by atoms with van der Waals surface area (Å²) in [7, 11) is 0. The quantitative estimate of drug-likeness (QED) is 0.750.